The Balaban J connectivity index is 1.67. The second-order valence-corrected chi connectivity index (χ2v) is 8.53. The van der Waals surface area contributed by atoms with Crippen molar-refractivity contribution in [2.75, 3.05) is 43.5 Å². The number of halogens is 1. The van der Waals surface area contributed by atoms with Gasteiger partial charge in [-0.05, 0) is 37.4 Å². The number of terminal acetylenes is 1. The minimum Gasteiger partial charge on any atom is -0.486 e. The molecule has 9 heteroatoms. The van der Waals surface area contributed by atoms with Gasteiger partial charge >= 0.3 is 0 Å². The minimum absolute atomic E-state index is 0.133. The Kier molecular flexibility index (Phi) is 8.67. The molecule has 37 heavy (non-hydrogen) atoms. The molecule has 8 nitrogen and oxygen atoms in total. The number of anilines is 3. The zero-order valence-corrected chi connectivity index (χ0v) is 21.0. The number of amides is 1. The first kappa shape index (κ1) is 26.1. The minimum atomic E-state index is -0.473. The standard InChI is InChI=1S/C28H30FN5O3/c1-4-19-9-10-22(29)24(14-19)33-28-21-15-25(32-27(35)8-7-12-34(5-2)6-3)26(16-23(21)30-18-31-28)37-20-11-13-36-17-20/h1,7-10,14-16,18,20H,5-6,11-13,17H2,2-3H3,(H,32,35)(H,30,31,33)/b8-7+. The fraction of sp³-hybridized carbons (Fsp3) is 0.321. The second kappa shape index (κ2) is 12.3. The molecule has 0 aliphatic carbocycles. The first-order valence-corrected chi connectivity index (χ1v) is 12.3. The molecule has 1 amide bonds. The van der Waals surface area contributed by atoms with Crippen LogP contribution in [-0.4, -0.2) is 59.7 Å². The number of carbonyl (C=O) groups is 1. The molecular weight excluding hydrogens is 473 g/mol. The Labute approximate surface area is 215 Å². The molecule has 2 aromatic carbocycles. The van der Waals surface area contributed by atoms with Crippen molar-refractivity contribution in [2.24, 2.45) is 0 Å². The van der Waals surface area contributed by atoms with E-state index in [1.807, 2.05) is 6.08 Å². The van der Waals surface area contributed by atoms with Crippen LogP contribution in [0.15, 0.2) is 48.8 Å². The number of ether oxygens (including phenoxy) is 2. The van der Waals surface area contributed by atoms with Crippen LogP contribution < -0.4 is 15.4 Å². The molecule has 1 saturated heterocycles. The molecule has 3 aromatic rings. The number of likely N-dealkylation sites (N-methyl/N-ethyl adjacent to an activating group) is 1. The Hall–Kier alpha value is -4.00. The van der Waals surface area contributed by atoms with Crippen LogP contribution in [0.4, 0.5) is 21.6 Å². The van der Waals surface area contributed by atoms with Gasteiger partial charge in [0, 0.05) is 36.1 Å². The number of hydrogen-bond acceptors (Lipinski definition) is 7. The zero-order chi connectivity index (χ0) is 26.2. The van der Waals surface area contributed by atoms with E-state index in [0.29, 0.717) is 53.5 Å². The normalized spacial score (nSPS) is 15.3. The summed E-state index contributed by atoms with van der Waals surface area (Å²) in [7, 11) is 0. The third-order valence-corrected chi connectivity index (χ3v) is 6.09. The monoisotopic (exact) mass is 503 g/mol. The van der Waals surface area contributed by atoms with Gasteiger partial charge in [0.05, 0.1) is 30.1 Å². The first-order chi connectivity index (χ1) is 18.0. The lowest BCUT2D eigenvalue weighted by molar-refractivity contribution is -0.111. The average molecular weight is 504 g/mol. The maximum absolute atomic E-state index is 14.5. The molecule has 0 radical (unpaired) electrons. The highest BCUT2D eigenvalue weighted by molar-refractivity contribution is 6.03. The van der Waals surface area contributed by atoms with Gasteiger partial charge in [-0.2, -0.15) is 0 Å². The van der Waals surface area contributed by atoms with Gasteiger partial charge in [0.1, 0.15) is 29.8 Å². The molecule has 0 spiro atoms. The molecule has 1 aliphatic rings. The smallest absolute Gasteiger partial charge is 0.248 e. The molecule has 1 atom stereocenters. The molecule has 0 bridgehead atoms. The largest absolute Gasteiger partial charge is 0.486 e. The molecule has 2 heterocycles. The Morgan fingerprint density at radius 1 is 1.27 bits per heavy atom. The number of nitrogens with one attached hydrogen (secondary N) is 2. The van der Waals surface area contributed by atoms with Gasteiger partial charge < -0.3 is 25.0 Å². The van der Waals surface area contributed by atoms with Crippen molar-refractivity contribution in [3.8, 4) is 18.1 Å². The van der Waals surface area contributed by atoms with Gasteiger partial charge in [0.25, 0.3) is 0 Å². The number of hydrogen-bond donors (Lipinski definition) is 2. The molecule has 2 N–H and O–H groups in total. The van der Waals surface area contributed by atoms with Crippen LogP contribution >= 0.6 is 0 Å². The van der Waals surface area contributed by atoms with E-state index >= 15 is 0 Å². The highest BCUT2D eigenvalue weighted by Crippen LogP contribution is 2.35. The van der Waals surface area contributed by atoms with Crippen molar-refractivity contribution in [1.29, 1.82) is 0 Å². The van der Waals surface area contributed by atoms with Gasteiger partial charge in [0.15, 0.2) is 0 Å². The summed E-state index contributed by atoms with van der Waals surface area (Å²) < 4.78 is 26.1. The lowest BCUT2D eigenvalue weighted by atomic mass is 10.1. The van der Waals surface area contributed by atoms with Gasteiger partial charge in [-0.1, -0.05) is 25.8 Å². The van der Waals surface area contributed by atoms with E-state index in [4.69, 9.17) is 15.9 Å². The van der Waals surface area contributed by atoms with E-state index in [1.165, 1.54) is 30.6 Å². The van der Waals surface area contributed by atoms with Crippen molar-refractivity contribution in [2.45, 2.75) is 26.4 Å². The lowest BCUT2D eigenvalue weighted by Gasteiger charge is -2.18. The van der Waals surface area contributed by atoms with Crippen molar-refractivity contribution in [3.05, 3.63) is 60.2 Å². The summed E-state index contributed by atoms with van der Waals surface area (Å²) in [6.07, 6.45) is 10.8. The van der Waals surface area contributed by atoms with Crippen molar-refractivity contribution in [1.82, 2.24) is 14.9 Å². The van der Waals surface area contributed by atoms with Crippen molar-refractivity contribution in [3.63, 3.8) is 0 Å². The highest BCUT2D eigenvalue weighted by Gasteiger charge is 2.21. The number of nitrogens with zero attached hydrogens (tertiary/aromatic N) is 3. The van der Waals surface area contributed by atoms with Crippen LogP contribution in [0.25, 0.3) is 10.9 Å². The summed E-state index contributed by atoms with van der Waals surface area (Å²) in [6, 6.07) is 7.82. The summed E-state index contributed by atoms with van der Waals surface area (Å²) in [6.45, 7) is 7.70. The SMILES string of the molecule is C#Cc1ccc(F)c(Nc2ncnc3cc(OC4CCOC4)c(NC(=O)/C=C/CN(CC)CC)cc23)c1. The molecule has 1 unspecified atom stereocenters. The Bertz CT molecular complexity index is 1330. The summed E-state index contributed by atoms with van der Waals surface area (Å²) in [5.41, 5.74) is 1.73. The average Bonchev–Trinajstić information content (AvgIpc) is 3.42. The molecule has 1 aromatic heterocycles. The maximum atomic E-state index is 14.5. The van der Waals surface area contributed by atoms with Crippen molar-refractivity contribution < 1.29 is 18.7 Å². The van der Waals surface area contributed by atoms with Crippen LogP contribution in [0.5, 0.6) is 5.75 Å². The number of benzene rings is 2. The molecule has 4 rings (SSSR count). The second-order valence-electron chi connectivity index (χ2n) is 8.53. The van der Waals surface area contributed by atoms with Gasteiger partial charge in [-0.3, -0.25) is 4.79 Å². The summed E-state index contributed by atoms with van der Waals surface area (Å²) >= 11 is 0. The van der Waals surface area contributed by atoms with Crippen molar-refractivity contribution >= 4 is 34.0 Å². The highest BCUT2D eigenvalue weighted by atomic mass is 19.1. The fourth-order valence-electron chi connectivity index (χ4n) is 3.97. The summed E-state index contributed by atoms with van der Waals surface area (Å²) in [5, 5.41) is 6.50. The summed E-state index contributed by atoms with van der Waals surface area (Å²) in [5.74, 6) is 2.56. The third-order valence-electron chi connectivity index (χ3n) is 6.09. The first-order valence-electron chi connectivity index (χ1n) is 12.3. The zero-order valence-electron chi connectivity index (χ0n) is 21.0. The van der Waals surface area contributed by atoms with Crippen LogP contribution in [0.3, 0.4) is 0 Å². The van der Waals surface area contributed by atoms with Gasteiger partial charge in [0.2, 0.25) is 5.91 Å². The molecule has 192 valence electrons. The third kappa shape index (κ3) is 6.61. The molecule has 0 saturated carbocycles. The lowest BCUT2D eigenvalue weighted by Crippen LogP contribution is -2.23. The van der Waals surface area contributed by atoms with E-state index in [-0.39, 0.29) is 17.7 Å². The van der Waals surface area contributed by atoms with E-state index in [1.54, 1.807) is 12.1 Å². The van der Waals surface area contributed by atoms with E-state index < -0.39 is 5.82 Å². The Morgan fingerprint density at radius 3 is 2.84 bits per heavy atom. The van der Waals surface area contributed by atoms with Crippen LogP contribution in [0.2, 0.25) is 0 Å². The number of fused-ring (bicyclic) bond motifs is 1. The maximum Gasteiger partial charge on any atom is 0.248 e. The summed E-state index contributed by atoms with van der Waals surface area (Å²) in [4.78, 5) is 23.6. The van der Waals surface area contributed by atoms with Crippen LogP contribution in [0.1, 0.15) is 25.8 Å². The number of aromatic nitrogens is 2. The number of carbonyl (C=O) groups excluding carboxylic acids is 1. The number of rotatable bonds is 10. The molecule has 1 aliphatic heterocycles. The quantitative estimate of drug-likeness (QED) is 0.311. The Morgan fingerprint density at radius 2 is 2.11 bits per heavy atom. The molecule has 1 fully saturated rings. The topological polar surface area (TPSA) is 88.6 Å². The fourth-order valence-corrected chi connectivity index (χ4v) is 3.97. The molecular formula is C28H30FN5O3. The van der Waals surface area contributed by atoms with E-state index in [9.17, 15) is 9.18 Å². The van der Waals surface area contributed by atoms with E-state index in [0.717, 1.165) is 19.5 Å². The van der Waals surface area contributed by atoms with Crippen LogP contribution in [0, 0.1) is 18.2 Å². The van der Waals surface area contributed by atoms with Crippen LogP contribution in [-0.2, 0) is 9.53 Å². The van der Waals surface area contributed by atoms with Gasteiger partial charge in [-0.25, -0.2) is 14.4 Å². The predicted molar refractivity (Wildman–Crippen MR) is 143 cm³/mol. The van der Waals surface area contributed by atoms with Gasteiger partial charge in [-0.15, -0.1) is 6.42 Å². The van der Waals surface area contributed by atoms with E-state index in [2.05, 4.69) is 45.3 Å². The predicted octanol–water partition coefficient (Wildman–Crippen LogP) is 4.50.